The van der Waals surface area contributed by atoms with E-state index in [1.165, 1.54) is 5.56 Å². The number of benzene rings is 2. The highest BCUT2D eigenvalue weighted by molar-refractivity contribution is 5.85. The fourth-order valence-electron chi connectivity index (χ4n) is 3.60. The van der Waals surface area contributed by atoms with E-state index in [-0.39, 0.29) is 24.4 Å². The standard InChI is InChI=1S/C23H29N3O3/c1-17-7-9-18(10-8-17)11-12-22(27)25-16-23(28)26-14-13-24-15-20(26)19-5-3-4-6-21(19)29-2/h3-10,20,24H,11-16H2,1-2H3,(H,25,27). The van der Waals surface area contributed by atoms with Gasteiger partial charge in [-0.3, -0.25) is 9.59 Å². The van der Waals surface area contributed by atoms with E-state index in [1.54, 1.807) is 7.11 Å². The fraction of sp³-hybridized carbons (Fsp3) is 0.391. The summed E-state index contributed by atoms with van der Waals surface area (Å²) < 4.78 is 5.47. The van der Waals surface area contributed by atoms with E-state index in [1.807, 2.05) is 60.4 Å². The van der Waals surface area contributed by atoms with Crippen LogP contribution >= 0.6 is 0 Å². The van der Waals surface area contributed by atoms with Crippen LogP contribution in [0.15, 0.2) is 48.5 Å². The molecule has 0 aliphatic carbocycles. The van der Waals surface area contributed by atoms with Gasteiger partial charge in [0.05, 0.1) is 19.7 Å². The molecule has 1 saturated heterocycles. The van der Waals surface area contributed by atoms with Gasteiger partial charge in [-0.15, -0.1) is 0 Å². The van der Waals surface area contributed by atoms with Gasteiger partial charge in [-0.25, -0.2) is 0 Å². The summed E-state index contributed by atoms with van der Waals surface area (Å²) in [5.41, 5.74) is 3.29. The molecule has 3 rings (SSSR count). The Morgan fingerprint density at radius 2 is 1.93 bits per heavy atom. The highest BCUT2D eigenvalue weighted by Crippen LogP contribution is 2.30. The molecule has 1 heterocycles. The number of nitrogens with one attached hydrogen (secondary N) is 2. The molecule has 2 N–H and O–H groups in total. The number of hydrogen-bond acceptors (Lipinski definition) is 4. The van der Waals surface area contributed by atoms with Gasteiger partial charge in [0.25, 0.3) is 0 Å². The Bertz CT molecular complexity index is 836. The first-order valence-corrected chi connectivity index (χ1v) is 10.0. The summed E-state index contributed by atoms with van der Waals surface area (Å²) in [6.45, 7) is 4.04. The molecular weight excluding hydrogens is 366 g/mol. The van der Waals surface area contributed by atoms with Crippen LogP contribution in [-0.2, 0) is 16.0 Å². The van der Waals surface area contributed by atoms with Gasteiger partial charge in [0.1, 0.15) is 5.75 Å². The number of hydrogen-bond donors (Lipinski definition) is 2. The second-order valence-electron chi connectivity index (χ2n) is 7.31. The maximum atomic E-state index is 12.8. The Kier molecular flexibility index (Phi) is 7.25. The number of ether oxygens (including phenoxy) is 1. The topological polar surface area (TPSA) is 70.7 Å². The van der Waals surface area contributed by atoms with Crippen molar-refractivity contribution in [3.8, 4) is 5.75 Å². The fourth-order valence-corrected chi connectivity index (χ4v) is 3.60. The zero-order chi connectivity index (χ0) is 20.6. The molecule has 154 valence electrons. The van der Waals surface area contributed by atoms with Crippen LogP contribution in [0.1, 0.15) is 29.2 Å². The molecule has 1 unspecified atom stereocenters. The molecule has 2 aromatic carbocycles. The molecule has 2 amide bonds. The molecule has 1 atom stereocenters. The summed E-state index contributed by atoms with van der Waals surface area (Å²) in [5, 5.41) is 6.12. The number of amides is 2. The van der Waals surface area contributed by atoms with Crippen molar-refractivity contribution < 1.29 is 14.3 Å². The van der Waals surface area contributed by atoms with Gasteiger partial charge in [0.2, 0.25) is 11.8 Å². The van der Waals surface area contributed by atoms with E-state index in [4.69, 9.17) is 4.74 Å². The summed E-state index contributed by atoms with van der Waals surface area (Å²) in [5.74, 6) is 0.579. The highest BCUT2D eigenvalue weighted by Gasteiger charge is 2.29. The lowest BCUT2D eigenvalue weighted by Crippen LogP contribution is -2.51. The predicted octanol–water partition coefficient (Wildman–Crippen LogP) is 2.23. The van der Waals surface area contributed by atoms with Crippen molar-refractivity contribution in [3.63, 3.8) is 0 Å². The normalized spacial score (nSPS) is 16.3. The van der Waals surface area contributed by atoms with E-state index in [0.717, 1.165) is 23.4 Å². The van der Waals surface area contributed by atoms with Crippen LogP contribution in [0, 0.1) is 6.92 Å². The Hall–Kier alpha value is -2.86. The number of carbonyl (C=O) groups is 2. The minimum absolute atomic E-state index is 0.0123. The third-order valence-electron chi connectivity index (χ3n) is 5.26. The van der Waals surface area contributed by atoms with Gasteiger partial charge in [-0.1, -0.05) is 48.0 Å². The van der Waals surface area contributed by atoms with E-state index >= 15 is 0 Å². The predicted molar refractivity (Wildman–Crippen MR) is 113 cm³/mol. The number of rotatable bonds is 7. The minimum Gasteiger partial charge on any atom is -0.496 e. The molecule has 2 aromatic rings. The zero-order valence-corrected chi connectivity index (χ0v) is 17.1. The lowest BCUT2D eigenvalue weighted by atomic mass is 10.0. The van der Waals surface area contributed by atoms with Gasteiger partial charge in [0, 0.05) is 31.6 Å². The Morgan fingerprint density at radius 3 is 2.69 bits per heavy atom. The van der Waals surface area contributed by atoms with Crippen LogP contribution in [-0.4, -0.2) is 50.0 Å². The van der Waals surface area contributed by atoms with Crippen molar-refractivity contribution in [1.82, 2.24) is 15.5 Å². The minimum atomic E-state index is -0.114. The van der Waals surface area contributed by atoms with Gasteiger partial charge in [-0.2, -0.15) is 0 Å². The highest BCUT2D eigenvalue weighted by atomic mass is 16.5. The van der Waals surface area contributed by atoms with Crippen LogP contribution in [0.25, 0.3) is 0 Å². The molecule has 0 spiro atoms. The van der Waals surface area contributed by atoms with Gasteiger partial charge in [-0.05, 0) is 25.0 Å². The van der Waals surface area contributed by atoms with Crippen LogP contribution in [0.4, 0.5) is 0 Å². The molecule has 1 aliphatic rings. The number of piperazine rings is 1. The van der Waals surface area contributed by atoms with Crippen molar-refractivity contribution in [2.45, 2.75) is 25.8 Å². The first-order chi connectivity index (χ1) is 14.1. The number of aryl methyl sites for hydroxylation is 2. The van der Waals surface area contributed by atoms with Crippen LogP contribution in [0.5, 0.6) is 5.75 Å². The van der Waals surface area contributed by atoms with E-state index in [9.17, 15) is 9.59 Å². The monoisotopic (exact) mass is 395 g/mol. The second kappa shape index (κ2) is 10.1. The first kappa shape index (κ1) is 20.9. The van der Waals surface area contributed by atoms with Gasteiger partial charge >= 0.3 is 0 Å². The molecule has 0 saturated carbocycles. The average molecular weight is 396 g/mol. The largest absolute Gasteiger partial charge is 0.496 e. The second-order valence-corrected chi connectivity index (χ2v) is 7.31. The van der Waals surface area contributed by atoms with Crippen LogP contribution in [0.3, 0.4) is 0 Å². The molecule has 1 fully saturated rings. The lowest BCUT2D eigenvalue weighted by Gasteiger charge is -2.37. The summed E-state index contributed by atoms with van der Waals surface area (Å²) in [7, 11) is 1.63. The first-order valence-electron chi connectivity index (χ1n) is 10.0. The molecule has 6 heteroatoms. The average Bonchev–Trinajstić information content (AvgIpc) is 2.77. The summed E-state index contributed by atoms with van der Waals surface area (Å²) in [6, 6.07) is 15.8. The van der Waals surface area contributed by atoms with Crippen molar-refractivity contribution in [2.75, 3.05) is 33.3 Å². The van der Waals surface area contributed by atoms with Crippen LogP contribution < -0.4 is 15.4 Å². The zero-order valence-electron chi connectivity index (χ0n) is 17.1. The molecule has 1 aliphatic heterocycles. The van der Waals surface area contributed by atoms with E-state index in [0.29, 0.717) is 25.9 Å². The van der Waals surface area contributed by atoms with Crippen molar-refractivity contribution in [3.05, 3.63) is 65.2 Å². The number of methoxy groups -OCH3 is 1. The molecule has 6 nitrogen and oxygen atoms in total. The third kappa shape index (κ3) is 5.57. The number of para-hydroxylation sites is 1. The smallest absolute Gasteiger partial charge is 0.242 e. The Morgan fingerprint density at radius 1 is 1.17 bits per heavy atom. The van der Waals surface area contributed by atoms with Crippen molar-refractivity contribution in [1.29, 1.82) is 0 Å². The van der Waals surface area contributed by atoms with E-state index < -0.39 is 0 Å². The lowest BCUT2D eigenvalue weighted by molar-refractivity contribution is -0.135. The maximum absolute atomic E-state index is 12.8. The van der Waals surface area contributed by atoms with Crippen molar-refractivity contribution in [2.24, 2.45) is 0 Å². The molecule has 0 radical (unpaired) electrons. The summed E-state index contributed by atoms with van der Waals surface area (Å²) in [6.07, 6.45) is 1.03. The number of nitrogens with zero attached hydrogens (tertiary/aromatic N) is 1. The molecule has 0 bridgehead atoms. The maximum Gasteiger partial charge on any atom is 0.242 e. The molecule has 0 aromatic heterocycles. The molecule has 29 heavy (non-hydrogen) atoms. The summed E-state index contributed by atoms with van der Waals surface area (Å²) >= 11 is 0. The van der Waals surface area contributed by atoms with Crippen molar-refractivity contribution >= 4 is 11.8 Å². The van der Waals surface area contributed by atoms with Crippen LogP contribution in [0.2, 0.25) is 0 Å². The van der Waals surface area contributed by atoms with Gasteiger partial charge in [0.15, 0.2) is 0 Å². The van der Waals surface area contributed by atoms with E-state index in [2.05, 4.69) is 10.6 Å². The Balaban J connectivity index is 1.55. The quantitative estimate of drug-likeness (QED) is 0.754. The molecular formula is C23H29N3O3. The SMILES string of the molecule is COc1ccccc1C1CNCCN1C(=O)CNC(=O)CCc1ccc(C)cc1. The number of carbonyl (C=O) groups excluding carboxylic acids is 2. The van der Waals surface area contributed by atoms with Gasteiger partial charge < -0.3 is 20.3 Å². The Labute approximate surface area is 172 Å². The summed E-state index contributed by atoms with van der Waals surface area (Å²) in [4.78, 5) is 26.9. The third-order valence-corrected chi connectivity index (χ3v) is 5.26.